The molecule has 70 valence electrons. The third-order valence-corrected chi connectivity index (χ3v) is 2.56. The zero-order chi connectivity index (χ0) is 9.97. The van der Waals surface area contributed by atoms with Crippen LogP contribution >= 0.6 is 22.6 Å². The number of H-pyrrole nitrogens is 1. The first-order valence-electron chi connectivity index (χ1n) is 4.07. The largest absolute Gasteiger partial charge is 0.313 e. The van der Waals surface area contributed by atoms with Gasteiger partial charge < -0.3 is 4.98 Å². The van der Waals surface area contributed by atoms with E-state index in [1.54, 1.807) is 6.08 Å². The molecule has 0 saturated carbocycles. The molecule has 0 radical (unpaired) electrons. The van der Waals surface area contributed by atoms with E-state index in [1.165, 1.54) is 6.33 Å². The zero-order valence-corrected chi connectivity index (χ0v) is 9.36. The highest BCUT2D eigenvalue weighted by atomic mass is 127. The van der Waals surface area contributed by atoms with E-state index in [1.807, 2.05) is 24.3 Å². The second-order valence-corrected chi connectivity index (χ2v) is 4.02. The zero-order valence-electron chi connectivity index (χ0n) is 7.20. The van der Waals surface area contributed by atoms with Crippen LogP contribution in [0.1, 0.15) is 0 Å². The van der Waals surface area contributed by atoms with Crippen LogP contribution in [-0.4, -0.2) is 9.97 Å². The topological polar surface area (TPSA) is 45.8 Å². The summed E-state index contributed by atoms with van der Waals surface area (Å²) in [5.74, 6) is 0. The predicted molar refractivity (Wildman–Crippen MR) is 64.3 cm³/mol. The lowest BCUT2D eigenvalue weighted by Crippen LogP contribution is -2.42. The van der Waals surface area contributed by atoms with E-state index < -0.39 is 0 Å². The summed E-state index contributed by atoms with van der Waals surface area (Å²) in [4.78, 5) is 18.1. The van der Waals surface area contributed by atoms with Crippen LogP contribution in [0.4, 0.5) is 0 Å². The van der Waals surface area contributed by atoms with Crippen molar-refractivity contribution >= 4 is 34.7 Å². The van der Waals surface area contributed by atoms with Gasteiger partial charge in [-0.05, 0) is 46.9 Å². The molecule has 0 amide bonds. The van der Waals surface area contributed by atoms with E-state index in [-0.39, 0.29) is 5.56 Å². The van der Waals surface area contributed by atoms with Crippen LogP contribution < -0.4 is 16.1 Å². The van der Waals surface area contributed by atoms with Crippen molar-refractivity contribution in [3.05, 3.63) is 49.1 Å². The van der Waals surface area contributed by atoms with E-state index in [4.69, 9.17) is 0 Å². The minimum Gasteiger partial charge on any atom is -0.313 e. The van der Waals surface area contributed by atoms with E-state index in [0.29, 0.717) is 10.6 Å². The lowest BCUT2D eigenvalue weighted by Gasteiger charge is -1.91. The van der Waals surface area contributed by atoms with Crippen molar-refractivity contribution in [2.45, 2.75) is 0 Å². The number of fused-ring (bicyclic) bond motifs is 1. The number of nitrogens with zero attached hydrogens (tertiary/aromatic N) is 1. The maximum atomic E-state index is 11.4. The van der Waals surface area contributed by atoms with Gasteiger partial charge in [-0.1, -0.05) is 6.08 Å². The fourth-order valence-corrected chi connectivity index (χ4v) is 1.56. The molecule has 0 atom stereocenters. The smallest absolute Gasteiger partial charge is 0.258 e. The van der Waals surface area contributed by atoms with Gasteiger partial charge in [-0.2, -0.15) is 0 Å². The number of rotatable bonds is 0. The molecule has 1 heterocycles. The predicted octanol–water partition coefficient (Wildman–Crippen LogP) is 0.220. The average molecular weight is 298 g/mol. The minimum absolute atomic E-state index is 0.109. The number of allylic oxidation sites excluding steroid dienone is 4. The monoisotopic (exact) mass is 298 g/mol. The quantitative estimate of drug-likeness (QED) is 0.697. The standard InChI is InChI=1S/C10H7IN2O/c11-7-2-1-3-9-8(5-4-7)10(14)13-6-12-9/h1-6H,(H,12,13,14). The summed E-state index contributed by atoms with van der Waals surface area (Å²) in [6, 6.07) is 0. The number of aromatic amines is 1. The number of hydrogen-bond donors (Lipinski definition) is 1. The number of halogens is 1. The van der Waals surface area contributed by atoms with Crippen LogP contribution in [0, 0.1) is 0 Å². The van der Waals surface area contributed by atoms with Gasteiger partial charge in [-0.25, -0.2) is 4.98 Å². The highest BCUT2D eigenvalue weighted by Gasteiger charge is 1.92. The number of aromatic nitrogens is 2. The second kappa shape index (κ2) is 3.91. The molecule has 2 rings (SSSR count). The summed E-state index contributed by atoms with van der Waals surface area (Å²) >= 11 is 2.20. The molecule has 1 aliphatic carbocycles. The number of nitrogens with one attached hydrogen (secondary N) is 1. The molecule has 0 bridgehead atoms. The molecule has 1 aromatic heterocycles. The van der Waals surface area contributed by atoms with E-state index in [9.17, 15) is 4.79 Å². The molecule has 1 aliphatic rings. The lowest BCUT2D eigenvalue weighted by atomic mass is 10.3. The maximum absolute atomic E-state index is 11.4. The summed E-state index contributed by atoms with van der Waals surface area (Å²) in [5, 5.41) is 1.30. The van der Waals surface area contributed by atoms with E-state index >= 15 is 0 Å². The first-order valence-corrected chi connectivity index (χ1v) is 5.15. The fraction of sp³-hybridized carbons (Fsp3) is 0. The van der Waals surface area contributed by atoms with Gasteiger partial charge in [0.15, 0.2) is 0 Å². The van der Waals surface area contributed by atoms with E-state index in [0.717, 1.165) is 3.58 Å². The third kappa shape index (κ3) is 1.84. The molecule has 3 nitrogen and oxygen atoms in total. The van der Waals surface area contributed by atoms with Crippen molar-refractivity contribution in [2.75, 3.05) is 0 Å². The van der Waals surface area contributed by atoms with Gasteiger partial charge in [-0.3, -0.25) is 4.79 Å². The highest BCUT2D eigenvalue weighted by molar-refractivity contribution is 14.1. The van der Waals surface area contributed by atoms with Crippen molar-refractivity contribution in [1.29, 1.82) is 0 Å². The first kappa shape index (κ1) is 9.39. The Hall–Kier alpha value is -1.17. The molecule has 14 heavy (non-hydrogen) atoms. The van der Waals surface area contributed by atoms with Crippen LogP contribution in [0.2, 0.25) is 0 Å². The summed E-state index contributed by atoms with van der Waals surface area (Å²) in [6.45, 7) is 0. The molecule has 0 aromatic carbocycles. The Kier molecular flexibility index (Phi) is 2.62. The SMILES string of the molecule is O=c1[nH]cnc2c1=CC=C(I)C=CC=2. The highest BCUT2D eigenvalue weighted by Crippen LogP contribution is 2.07. The van der Waals surface area contributed by atoms with Crippen LogP contribution in [0.15, 0.2) is 32.9 Å². The van der Waals surface area contributed by atoms with Gasteiger partial charge in [0.05, 0.1) is 16.9 Å². The van der Waals surface area contributed by atoms with Crippen molar-refractivity contribution in [3.8, 4) is 0 Å². The molecule has 0 aliphatic heterocycles. The number of hydrogen-bond acceptors (Lipinski definition) is 2. The molecule has 0 spiro atoms. The average Bonchev–Trinajstić information content (AvgIpc) is 2.13. The Bertz CT molecular complexity index is 581. The third-order valence-electron chi connectivity index (χ3n) is 1.84. The van der Waals surface area contributed by atoms with Crippen LogP contribution in [0.5, 0.6) is 0 Å². The lowest BCUT2D eigenvalue weighted by molar-refractivity contribution is 1.05. The van der Waals surface area contributed by atoms with Crippen LogP contribution in [0.25, 0.3) is 12.2 Å². The summed E-state index contributed by atoms with van der Waals surface area (Å²) < 4.78 is 1.08. The first-order chi connectivity index (χ1) is 6.77. The van der Waals surface area contributed by atoms with E-state index in [2.05, 4.69) is 32.6 Å². The van der Waals surface area contributed by atoms with Crippen LogP contribution in [0.3, 0.4) is 0 Å². The molecule has 0 fully saturated rings. The van der Waals surface area contributed by atoms with Gasteiger partial charge in [0.25, 0.3) is 5.56 Å². The maximum Gasteiger partial charge on any atom is 0.258 e. The molecular weight excluding hydrogens is 291 g/mol. The molecule has 0 saturated heterocycles. The Morgan fingerprint density at radius 3 is 3.00 bits per heavy atom. The van der Waals surface area contributed by atoms with Gasteiger partial charge >= 0.3 is 0 Å². The molecule has 1 aromatic rings. The normalized spacial score (nSPS) is 14.2. The summed E-state index contributed by atoms with van der Waals surface area (Å²) in [7, 11) is 0. The molecular formula is C10H7IN2O. The van der Waals surface area contributed by atoms with Gasteiger partial charge in [0, 0.05) is 3.58 Å². The minimum atomic E-state index is -0.109. The Balaban J connectivity index is 2.89. The molecule has 0 unspecified atom stereocenters. The Morgan fingerprint density at radius 1 is 1.29 bits per heavy atom. The summed E-state index contributed by atoms with van der Waals surface area (Å²) in [5.41, 5.74) is -0.109. The van der Waals surface area contributed by atoms with Gasteiger partial charge in [0.1, 0.15) is 0 Å². The van der Waals surface area contributed by atoms with Crippen molar-refractivity contribution in [1.82, 2.24) is 9.97 Å². The van der Waals surface area contributed by atoms with Crippen molar-refractivity contribution in [3.63, 3.8) is 0 Å². The second-order valence-electron chi connectivity index (χ2n) is 2.77. The Labute approximate surface area is 93.7 Å². The molecule has 4 heteroatoms. The van der Waals surface area contributed by atoms with Crippen LogP contribution in [-0.2, 0) is 0 Å². The Morgan fingerprint density at radius 2 is 2.14 bits per heavy atom. The van der Waals surface area contributed by atoms with Gasteiger partial charge in [0.2, 0.25) is 0 Å². The van der Waals surface area contributed by atoms with Crippen molar-refractivity contribution in [2.24, 2.45) is 0 Å². The fourth-order valence-electron chi connectivity index (χ4n) is 1.17. The molecule has 1 N–H and O–H groups in total. The van der Waals surface area contributed by atoms with Crippen molar-refractivity contribution < 1.29 is 0 Å². The summed E-state index contributed by atoms with van der Waals surface area (Å²) in [6.07, 6.45) is 10.8. The van der Waals surface area contributed by atoms with Gasteiger partial charge in [-0.15, -0.1) is 0 Å².